The number of carboxylic acids is 1. The molecule has 0 bridgehead atoms. The summed E-state index contributed by atoms with van der Waals surface area (Å²) in [6.07, 6.45) is -0.554. The Hall–Kier alpha value is -3.67. The van der Waals surface area contributed by atoms with Crippen molar-refractivity contribution in [2.24, 2.45) is 5.16 Å². The number of oxime groups is 1. The van der Waals surface area contributed by atoms with E-state index in [4.69, 9.17) is 9.94 Å². The van der Waals surface area contributed by atoms with Crippen molar-refractivity contribution in [2.75, 3.05) is 4.90 Å². The van der Waals surface area contributed by atoms with E-state index in [1.54, 1.807) is 24.3 Å². The van der Waals surface area contributed by atoms with Crippen LogP contribution in [0.2, 0.25) is 0 Å². The Balaban J connectivity index is 1.74. The van der Waals surface area contributed by atoms with Crippen molar-refractivity contribution in [3.8, 4) is 0 Å². The number of amidine groups is 1. The van der Waals surface area contributed by atoms with Crippen LogP contribution in [0.1, 0.15) is 27.7 Å². The fraction of sp³-hybridized carbons (Fsp3) is 0.0476. The van der Waals surface area contributed by atoms with Gasteiger partial charge in [0.25, 0.3) is 0 Å². The summed E-state index contributed by atoms with van der Waals surface area (Å²) in [5, 5.41) is 13.3. The molecule has 1 atom stereocenters. The topological polar surface area (TPSA) is 62.1 Å². The Morgan fingerprint density at radius 2 is 1.63 bits per heavy atom. The average Bonchev–Trinajstić information content (AvgIpc) is 3.14. The molecule has 4 rings (SSSR count). The van der Waals surface area contributed by atoms with Crippen LogP contribution in [-0.4, -0.2) is 16.9 Å². The number of carbonyl (C=O) groups is 1. The Labute approximate surface area is 154 Å². The molecule has 0 radical (unpaired) electrons. The molecular formula is C21H15FN2O3. The molecule has 0 aliphatic carbocycles. The molecule has 1 aliphatic heterocycles. The lowest BCUT2D eigenvalue weighted by molar-refractivity contribution is 0.0697. The van der Waals surface area contributed by atoms with Crippen molar-refractivity contribution in [3.63, 3.8) is 0 Å². The van der Waals surface area contributed by atoms with Crippen molar-refractivity contribution < 1.29 is 19.1 Å². The Kier molecular flexibility index (Phi) is 4.30. The lowest BCUT2D eigenvalue weighted by Gasteiger charge is -2.25. The maximum absolute atomic E-state index is 13.3. The van der Waals surface area contributed by atoms with Gasteiger partial charge >= 0.3 is 5.97 Å². The molecule has 0 saturated carbocycles. The van der Waals surface area contributed by atoms with Crippen molar-refractivity contribution in [2.45, 2.75) is 6.23 Å². The molecule has 1 heterocycles. The van der Waals surface area contributed by atoms with Gasteiger partial charge in [-0.1, -0.05) is 47.6 Å². The van der Waals surface area contributed by atoms with Crippen molar-refractivity contribution >= 4 is 17.5 Å². The Bertz CT molecular complexity index is 986. The number of rotatable bonds is 4. The fourth-order valence-electron chi connectivity index (χ4n) is 2.94. The first-order valence-electron chi connectivity index (χ1n) is 8.31. The highest BCUT2D eigenvalue weighted by Gasteiger charge is 2.33. The van der Waals surface area contributed by atoms with Crippen molar-refractivity contribution in [1.82, 2.24) is 0 Å². The van der Waals surface area contributed by atoms with Crippen LogP contribution in [0, 0.1) is 5.82 Å². The molecule has 0 saturated heterocycles. The van der Waals surface area contributed by atoms with E-state index in [1.807, 2.05) is 35.2 Å². The number of hydrogen-bond acceptors (Lipinski definition) is 4. The monoisotopic (exact) mass is 362 g/mol. The minimum Gasteiger partial charge on any atom is -0.478 e. The quantitative estimate of drug-likeness (QED) is 0.746. The smallest absolute Gasteiger partial charge is 0.335 e. The summed E-state index contributed by atoms with van der Waals surface area (Å²) in [5.74, 6) is -0.767. The fourth-order valence-corrected chi connectivity index (χ4v) is 2.94. The van der Waals surface area contributed by atoms with E-state index >= 15 is 0 Å². The van der Waals surface area contributed by atoms with Gasteiger partial charge in [-0.25, -0.2) is 9.18 Å². The van der Waals surface area contributed by atoms with Crippen LogP contribution in [-0.2, 0) is 4.84 Å². The molecule has 0 fully saturated rings. The maximum atomic E-state index is 13.3. The second-order valence-electron chi connectivity index (χ2n) is 6.01. The summed E-state index contributed by atoms with van der Waals surface area (Å²) in [6, 6.07) is 22.0. The summed E-state index contributed by atoms with van der Waals surface area (Å²) >= 11 is 0. The van der Waals surface area contributed by atoms with Gasteiger partial charge in [-0.15, -0.1) is 0 Å². The number of hydrogen-bond donors (Lipinski definition) is 1. The molecule has 1 N–H and O–H groups in total. The summed E-state index contributed by atoms with van der Waals surface area (Å²) in [5.41, 5.74) is 2.51. The SMILES string of the molecule is O=C(O)c1ccc(C2=NOC(c3ccc(F)cc3)N2c2ccccc2)cc1. The van der Waals surface area contributed by atoms with E-state index < -0.39 is 12.2 Å². The summed E-state index contributed by atoms with van der Waals surface area (Å²) in [4.78, 5) is 18.6. The predicted molar refractivity (Wildman–Crippen MR) is 99.1 cm³/mol. The average molecular weight is 362 g/mol. The van der Waals surface area contributed by atoms with Gasteiger partial charge in [-0.3, -0.25) is 4.90 Å². The lowest BCUT2D eigenvalue weighted by atomic mass is 10.1. The van der Waals surface area contributed by atoms with Crippen LogP contribution in [0.3, 0.4) is 0 Å². The zero-order valence-corrected chi connectivity index (χ0v) is 14.1. The molecule has 1 unspecified atom stereocenters. The number of aromatic carboxylic acids is 1. The minimum atomic E-state index is -0.990. The molecule has 134 valence electrons. The van der Waals surface area contributed by atoms with E-state index in [2.05, 4.69) is 5.16 Å². The first-order valence-corrected chi connectivity index (χ1v) is 8.31. The molecule has 5 nitrogen and oxygen atoms in total. The molecule has 27 heavy (non-hydrogen) atoms. The third kappa shape index (κ3) is 3.25. The molecule has 0 aromatic heterocycles. The molecule has 0 spiro atoms. The van der Waals surface area contributed by atoms with Gasteiger partial charge in [-0.2, -0.15) is 0 Å². The zero-order chi connectivity index (χ0) is 18.8. The van der Waals surface area contributed by atoms with E-state index in [1.165, 1.54) is 24.3 Å². The van der Waals surface area contributed by atoms with E-state index in [0.29, 0.717) is 11.4 Å². The summed E-state index contributed by atoms with van der Waals surface area (Å²) in [7, 11) is 0. The van der Waals surface area contributed by atoms with Crippen LogP contribution < -0.4 is 4.90 Å². The van der Waals surface area contributed by atoms with Crippen LogP contribution in [0.4, 0.5) is 10.1 Å². The molecule has 3 aromatic carbocycles. The van der Waals surface area contributed by atoms with Crippen molar-refractivity contribution in [3.05, 3.63) is 101 Å². The first-order chi connectivity index (χ1) is 13.1. The van der Waals surface area contributed by atoms with E-state index in [-0.39, 0.29) is 11.4 Å². The largest absolute Gasteiger partial charge is 0.478 e. The van der Waals surface area contributed by atoms with Gasteiger partial charge in [0.05, 0.1) is 5.56 Å². The second kappa shape index (κ2) is 6.92. The third-order valence-electron chi connectivity index (χ3n) is 4.28. The van der Waals surface area contributed by atoms with Crippen LogP contribution in [0.5, 0.6) is 0 Å². The van der Waals surface area contributed by atoms with Gasteiger partial charge in [0, 0.05) is 16.8 Å². The molecule has 0 amide bonds. The predicted octanol–water partition coefficient (Wildman–Crippen LogP) is 4.42. The number of nitrogens with zero attached hydrogens (tertiary/aromatic N) is 2. The van der Waals surface area contributed by atoms with E-state index in [0.717, 1.165) is 11.3 Å². The maximum Gasteiger partial charge on any atom is 0.335 e. The summed E-state index contributed by atoms with van der Waals surface area (Å²) < 4.78 is 13.3. The first kappa shape index (κ1) is 16.8. The minimum absolute atomic E-state index is 0.194. The number of anilines is 1. The third-order valence-corrected chi connectivity index (χ3v) is 4.28. The van der Waals surface area contributed by atoms with Crippen LogP contribution in [0.25, 0.3) is 0 Å². The molecule has 3 aromatic rings. The van der Waals surface area contributed by atoms with Crippen LogP contribution >= 0.6 is 0 Å². The molecular weight excluding hydrogens is 347 g/mol. The Morgan fingerprint density at radius 3 is 2.26 bits per heavy atom. The van der Waals surface area contributed by atoms with Crippen LogP contribution in [0.15, 0.2) is 84.0 Å². The van der Waals surface area contributed by atoms with Gasteiger partial charge in [0.15, 0.2) is 5.84 Å². The zero-order valence-electron chi connectivity index (χ0n) is 14.1. The number of halogens is 1. The highest BCUT2D eigenvalue weighted by atomic mass is 19.1. The van der Waals surface area contributed by atoms with Gasteiger partial charge in [-0.05, 0) is 36.4 Å². The van der Waals surface area contributed by atoms with Gasteiger partial charge in [0.2, 0.25) is 6.23 Å². The van der Waals surface area contributed by atoms with Gasteiger partial charge in [0.1, 0.15) is 5.82 Å². The highest BCUT2D eigenvalue weighted by Crippen LogP contribution is 2.35. The van der Waals surface area contributed by atoms with E-state index in [9.17, 15) is 9.18 Å². The number of carboxylic acid groups (broad SMARTS) is 1. The highest BCUT2D eigenvalue weighted by molar-refractivity contribution is 6.11. The normalized spacial score (nSPS) is 16.0. The number of benzene rings is 3. The van der Waals surface area contributed by atoms with Crippen molar-refractivity contribution in [1.29, 1.82) is 0 Å². The summed E-state index contributed by atoms with van der Waals surface area (Å²) in [6.45, 7) is 0. The molecule has 6 heteroatoms. The lowest BCUT2D eigenvalue weighted by Crippen LogP contribution is -2.31. The Morgan fingerprint density at radius 1 is 0.963 bits per heavy atom. The standard InChI is InChI=1S/C21H15FN2O3/c22-17-12-10-15(11-13-17)20-24(18-4-2-1-3-5-18)19(23-27-20)14-6-8-16(9-7-14)21(25)26/h1-13,20H,(H,25,26). The van der Waals surface area contributed by atoms with Gasteiger partial charge < -0.3 is 9.94 Å². The molecule has 1 aliphatic rings. The second-order valence-corrected chi connectivity index (χ2v) is 6.01. The number of para-hydroxylation sites is 1.